The first kappa shape index (κ1) is 21.8. The number of hydrogen-bond acceptors (Lipinski definition) is 3. The van der Waals surface area contributed by atoms with Gasteiger partial charge in [-0.3, -0.25) is 9.59 Å². The number of amides is 2. The van der Waals surface area contributed by atoms with Gasteiger partial charge in [0.1, 0.15) is 5.82 Å². The maximum absolute atomic E-state index is 13.4. The molecule has 0 fully saturated rings. The van der Waals surface area contributed by atoms with E-state index in [1.54, 1.807) is 30.3 Å². The van der Waals surface area contributed by atoms with Crippen LogP contribution in [0.5, 0.6) is 0 Å². The van der Waals surface area contributed by atoms with E-state index in [4.69, 9.17) is 5.73 Å². The molecule has 156 valence electrons. The smallest absolute Gasteiger partial charge is 0.255 e. The van der Waals surface area contributed by atoms with Gasteiger partial charge in [0.15, 0.2) is 0 Å². The lowest BCUT2D eigenvalue weighted by Gasteiger charge is -2.10. The summed E-state index contributed by atoms with van der Waals surface area (Å²) in [6, 6.07) is 23.5. The lowest BCUT2D eigenvalue weighted by molar-refractivity contribution is 0.102. The molecule has 0 radical (unpaired) electrons. The van der Waals surface area contributed by atoms with E-state index in [0.29, 0.717) is 16.8 Å². The molecule has 4 aromatic rings. The summed E-state index contributed by atoms with van der Waals surface area (Å²) in [5, 5.41) is 7.43. The molecule has 0 bridgehead atoms. The Kier molecular flexibility index (Phi) is 6.52. The number of rotatable bonds is 4. The molecule has 5 nitrogen and oxygen atoms in total. The van der Waals surface area contributed by atoms with Crippen LogP contribution in [0.1, 0.15) is 20.7 Å². The minimum atomic E-state index is -0.494. The van der Waals surface area contributed by atoms with Crippen LogP contribution >= 0.6 is 12.4 Å². The molecule has 0 aliphatic heterocycles. The number of benzene rings is 4. The highest BCUT2D eigenvalue weighted by Crippen LogP contribution is 2.21. The molecule has 2 amide bonds. The standard InChI is InChI=1S/C24H18FN3O2.ClH/c25-19-9-12-21(26)22(14-19)28-23(29)16-7-10-20(11-8-16)27-24(30)18-6-5-15-3-1-2-4-17(15)13-18;/h1-14H,26H2,(H,27,30)(H,28,29);1H. The highest BCUT2D eigenvalue weighted by Gasteiger charge is 2.11. The molecule has 0 spiro atoms. The van der Waals surface area contributed by atoms with E-state index in [1.807, 2.05) is 36.4 Å². The minimum absolute atomic E-state index is 0. The van der Waals surface area contributed by atoms with Crippen LogP contribution in [-0.2, 0) is 0 Å². The molecule has 0 unspecified atom stereocenters. The molecule has 0 heterocycles. The van der Waals surface area contributed by atoms with E-state index in [9.17, 15) is 14.0 Å². The summed E-state index contributed by atoms with van der Waals surface area (Å²) in [5.74, 6) is -1.17. The zero-order valence-electron chi connectivity index (χ0n) is 16.3. The zero-order chi connectivity index (χ0) is 21.1. The molecule has 0 aliphatic rings. The van der Waals surface area contributed by atoms with Crippen LogP contribution in [0.2, 0.25) is 0 Å². The van der Waals surface area contributed by atoms with Crippen LogP contribution in [0.3, 0.4) is 0 Å². The fraction of sp³-hybridized carbons (Fsp3) is 0. The number of nitrogens with two attached hydrogens (primary N) is 1. The summed E-state index contributed by atoms with van der Waals surface area (Å²) in [6.45, 7) is 0. The van der Waals surface area contributed by atoms with E-state index >= 15 is 0 Å². The summed E-state index contributed by atoms with van der Waals surface area (Å²) in [7, 11) is 0. The van der Waals surface area contributed by atoms with Crippen molar-refractivity contribution in [2.45, 2.75) is 0 Å². The molecule has 4 rings (SSSR count). The fourth-order valence-electron chi connectivity index (χ4n) is 3.07. The van der Waals surface area contributed by atoms with Crippen molar-refractivity contribution >= 4 is 52.1 Å². The number of fused-ring (bicyclic) bond motifs is 1. The van der Waals surface area contributed by atoms with E-state index < -0.39 is 11.7 Å². The number of nitrogen functional groups attached to an aromatic ring is 1. The zero-order valence-corrected chi connectivity index (χ0v) is 17.1. The quantitative estimate of drug-likeness (QED) is 0.371. The normalized spacial score (nSPS) is 10.2. The highest BCUT2D eigenvalue weighted by molar-refractivity contribution is 6.08. The van der Waals surface area contributed by atoms with Gasteiger partial charge >= 0.3 is 0 Å². The van der Waals surface area contributed by atoms with Gasteiger partial charge < -0.3 is 16.4 Å². The van der Waals surface area contributed by atoms with Gasteiger partial charge in [-0.1, -0.05) is 30.3 Å². The first-order chi connectivity index (χ1) is 14.5. The van der Waals surface area contributed by atoms with Crippen LogP contribution < -0.4 is 16.4 Å². The molecule has 0 aromatic heterocycles. The third-order valence-corrected chi connectivity index (χ3v) is 4.68. The summed E-state index contributed by atoms with van der Waals surface area (Å²) >= 11 is 0. The monoisotopic (exact) mass is 435 g/mol. The Balaban J connectivity index is 0.00000272. The summed E-state index contributed by atoms with van der Waals surface area (Å²) < 4.78 is 13.4. The second-order valence-electron chi connectivity index (χ2n) is 6.78. The highest BCUT2D eigenvalue weighted by atomic mass is 35.5. The molecule has 31 heavy (non-hydrogen) atoms. The van der Waals surface area contributed by atoms with E-state index in [1.165, 1.54) is 12.1 Å². The van der Waals surface area contributed by atoms with Crippen molar-refractivity contribution in [3.05, 3.63) is 102 Å². The summed E-state index contributed by atoms with van der Waals surface area (Å²) in [5.41, 5.74) is 7.67. The largest absolute Gasteiger partial charge is 0.397 e. The Hall–Kier alpha value is -3.90. The molecule has 4 N–H and O–H groups in total. The van der Waals surface area contributed by atoms with Crippen molar-refractivity contribution in [2.24, 2.45) is 0 Å². The third-order valence-electron chi connectivity index (χ3n) is 4.68. The maximum Gasteiger partial charge on any atom is 0.255 e. The Morgan fingerprint density at radius 1 is 0.710 bits per heavy atom. The summed E-state index contributed by atoms with van der Waals surface area (Å²) in [6.07, 6.45) is 0. The number of carbonyl (C=O) groups is 2. The number of halogens is 2. The lowest BCUT2D eigenvalue weighted by Crippen LogP contribution is -2.14. The van der Waals surface area contributed by atoms with E-state index in [2.05, 4.69) is 10.6 Å². The van der Waals surface area contributed by atoms with Crippen molar-refractivity contribution in [1.29, 1.82) is 0 Å². The average molecular weight is 436 g/mol. The van der Waals surface area contributed by atoms with Gasteiger partial charge in [-0.25, -0.2) is 4.39 Å². The first-order valence-corrected chi connectivity index (χ1v) is 9.26. The van der Waals surface area contributed by atoms with Crippen molar-refractivity contribution in [2.75, 3.05) is 16.4 Å². The maximum atomic E-state index is 13.4. The van der Waals surface area contributed by atoms with Crippen LogP contribution in [0.25, 0.3) is 10.8 Å². The van der Waals surface area contributed by atoms with Gasteiger partial charge in [-0.2, -0.15) is 0 Å². The molecule has 4 aromatic carbocycles. The van der Waals surface area contributed by atoms with E-state index in [-0.39, 0.29) is 29.7 Å². The average Bonchev–Trinajstić information content (AvgIpc) is 2.76. The van der Waals surface area contributed by atoms with Gasteiger partial charge in [-0.05, 0) is 65.4 Å². The van der Waals surface area contributed by atoms with Crippen molar-refractivity contribution in [1.82, 2.24) is 0 Å². The van der Waals surface area contributed by atoms with Crippen LogP contribution in [-0.4, -0.2) is 11.8 Å². The molecule has 0 saturated carbocycles. The molecule has 0 atom stereocenters. The number of nitrogens with one attached hydrogen (secondary N) is 2. The van der Waals surface area contributed by atoms with Gasteiger partial charge in [0.25, 0.3) is 11.8 Å². The fourth-order valence-corrected chi connectivity index (χ4v) is 3.07. The van der Waals surface area contributed by atoms with Gasteiger partial charge in [0, 0.05) is 16.8 Å². The molecule has 0 aliphatic carbocycles. The minimum Gasteiger partial charge on any atom is -0.397 e. The Bertz CT molecular complexity index is 1260. The predicted molar refractivity (Wildman–Crippen MR) is 124 cm³/mol. The molecule has 7 heteroatoms. The van der Waals surface area contributed by atoms with Crippen LogP contribution in [0.15, 0.2) is 84.9 Å². The van der Waals surface area contributed by atoms with Crippen LogP contribution in [0, 0.1) is 5.82 Å². The van der Waals surface area contributed by atoms with Gasteiger partial charge in [-0.15, -0.1) is 12.4 Å². The SMILES string of the molecule is Cl.Nc1ccc(F)cc1NC(=O)c1ccc(NC(=O)c2ccc3ccccc3c2)cc1. The van der Waals surface area contributed by atoms with Crippen molar-refractivity contribution < 1.29 is 14.0 Å². The van der Waals surface area contributed by atoms with E-state index in [0.717, 1.165) is 16.8 Å². The van der Waals surface area contributed by atoms with Crippen molar-refractivity contribution in [3.63, 3.8) is 0 Å². The Labute approximate surface area is 184 Å². The predicted octanol–water partition coefficient (Wildman–Crippen LogP) is 5.49. The molecule has 0 saturated heterocycles. The number of hydrogen-bond donors (Lipinski definition) is 3. The lowest BCUT2D eigenvalue weighted by atomic mass is 10.1. The van der Waals surface area contributed by atoms with Crippen molar-refractivity contribution in [3.8, 4) is 0 Å². The first-order valence-electron chi connectivity index (χ1n) is 9.26. The summed E-state index contributed by atoms with van der Waals surface area (Å²) in [4.78, 5) is 24.9. The number of carbonyl (C=O) groups excluding carboxylic acids is 2. The number of anilines is 3. The van der Waals surface area contributed by atoms with Gasteiger partial charge in [0.05, 0.1) is 11.4 Å². The topological polar surface area (TPSA) is 84.2 Å². The molecular formula is C24H19ClFN3O2. The second kappa shape index (κ2) is 9.28. The Morgan fingerprint density at radius 2 is 1.35 bits per heavy atom. The van der Waals surface area contributed by atoms with Crippen LogP contribution in [0.4, 0.5) is 21.5 Å². The third kappa shape index (κ3) is 4.99. The second-order valence-corrected chi connectivity index (χ2v) is 6.78. The molecular weight excluding hydrogens is 417 g/mol. The Morgan fingerprint density at radius 3 is 2.10 bits per heavy atom. The van der Waals surface area contributed by atoms with Gasteiger partial charge in [0.2, 0.25) is 0 Å².